The van der Waals surface area contributed by atoms with Crippen LogP contribution in [0.3, 0.4) is 0 Å². The highest BCUT2D eigenvalue weighted by Gasteiger charge is 2.36. The molecule has 0 radical (unpaired) electrons. The van der Waals surface area contributed by atoms with Crippen LogP contribution in [0.25, 0.3) is 0 Å². The first kappa shape index (κ1) is 32.3. The maximum absolute atomic E-state index is 13.7. The number of rotatable bonds is 16. The molecule has 8 heteroatoms. The molecule has 2 aromatic carbocycles. The lowest BCUT2D eigenvalue weighted by Crippen LogP contribution is -2.54. The monoisotopic (exact) mass is 565 g/mol. The molecule has 0 aromatic heterocycles. The van der Waals surface area contributed by atoms with Crippen molar-refractivity contribution in [2.24, 2.45) is 11.8 Å². The molecule has 0 bridgehead atoms. The fourth-order valence-corrected chi connectivity index (χ4v) is 5.49. The van der Waals surface area contributed by atoms with Crippen LogP contribution in [0.4, 0.5) is 0 Å². The fraction of sp³-hybridized carbons (Fsp3) is 0.545. The number of carbonyl (C=O) groups excluding carboxylic acids is 3. The number of carbonyl (C=O) groups is 3. The number of hydrogen-bond donors (Lipinski definition) is 3. The van der Waals surface area contributed by atoms with Crippen LogP contribution in [0, 0.1) is 11.8 Å². The summed E-state index contributed by atoms with van der Waals surface area (Å²) in [6, 6.07) is 17.9. The van der Waals surface area contributed by atoms with Crippen molar-refractivity contribution in [2.45, 2.75) is 90.8 Å². The molecule has 0 saturated carbocycles. The van der Waals surface area contributed by atoms with Crippen LogP contribution < -0.4 is 10.8 Å². The molecule has 0 unspecified atom stereocenters. The van der Waals surface area contributed by atoms with E-state index in [1.54, 1.807) is 5.48 Å². The number of hydrogen-bond acceptors (Lipinski definition) is 5. The lowest BCUT2D eigenvalue weighted by molar-refractivity contribution is -0.141. The fourth-order valence-electron chi connectivity index (χ4n) is 5.49. The molecule has 41 heavy (non-hydrogen) atoms. The van der Waals surface area contributed by atoms with Crippen LogP contribution in [0.2, 0.25) is 0 Å². The van der Waals surface area contributed by atoms with Crippen molar-refractivity contribution in [1.29, 1.82) is 0 Å². The molecule has 3 amide bonds. The van der Waals surface area contributed by atoms with E-state index >= 15 is 0 Å². The van der Waals surface area contributed by atoms with Crippen LogP contribution in [0.15, 0.2) is 54.6 Å². The van der Waals surface area contributed by atoms with E-state index in [4.69, 9.17) is 9.94 Å². The maximum atomic E-state index is 13.7. The van der Waals surface area contributed by atoms with Crippen molar-refractivity contribution in [3.8, 4) is 0 Å². The molecule has 8 nitrogen and oxygen atoms in total. The number of ether oxygens (including phenoxy) is 1. The van der Waals surface area contributed by atoms with Crippen LogP contribution in [-0.4, -0.2) is 53.1 Å². The zero-order valence-corrected chi connectivity index (χ0v) is 24.8. The lowest BCUT2D eigenvalue weighted by Gasteiger charge is -2.32. The molecule has 1 aliphatic rings. The SMILES string of the molecule is CCCCC[C@H](CC(=O)NO)C(=O)N[C@@H](C(=O)N1CCC[C@@H]1COCc1ccccc1Cc1ccccc1)C(C)C. The summed E-state index contributed by atoms with van der Waals surface area (Å²) in [4.78, 5) is 40.7. The molecule has 2 aromatic rings. The minimum absolute atomic E-state index is 0.0533. The summed E-state index contributed by atoms with van der Waals surface area (Å²) in [5, 5.41) is 11.9. The highest BCUT2D eigenvalue weighted by molar-refractivity contribution is 5.91. The van der Waals surface area contributed by atoms with Crippen molar-refractivity contribution < 1.29 is 24.3 Å². The number of likely N-dealkylation sites (tertiary alicyclic amines) is 1. The van der Waals surface area contributed by atoms with E-state index in [0.29, 0.717) is 26.2 Å². The van der Waals surface area contributed by atoms with Crippen molar-refractivity contribution in [3.63, 3.8) is 0 Å². The third-order valence-corrected chi connectivity index (χ3v) is 7.90. The first-order chi connectivity index (χ1) is 19.8. The first-order valence-electron chi connectivity index (χ1n) is 15.1. The van der Waals surface area contributed by atoms with E-state index < -0.39 is 17.9 Å². The Labute approximate surface area is 244 Å². The first-order valence-corrected chi connectivity index (χ1v) is 15.1. The summed E-state index contributed by atoms with van der Waals surface area (Å²) in [6.07, 6.45) is 5.73. The largest absolute Gasteiger partial charge is 0.375 e. The summed E-state index contributed by atoms with van der Waals surface area (Å²) < 4.78 is 6.18. The molecule has 3 N–H and O–H groups in total. The Balaban J connectivity index is 1.60. The van der Waals surface area contributed by atoms with Gasteiger partial charge in [0, 0.05) is 18.9 Å². The third kappa shape index (κ3) is 9.97. The van der Waals surface area contributed by atoms with Crippen LogP contribution in [0.1, 0.15) is 82.4 Å². The number of hydroxylamine groups is 1. The van der Waals surface area contributed by atoms with E-state index in [1.807, 2.05) is 49.1 Å². The van der Waals surface area contributed by atoms with Crippen LogP contribution in [0.5, 0.6) is 0 Å². The van der Waals surface area contributed by atoms with Gasteiger partial charge in [0.15, 0.2) is 0 Å². The molecule has 1 aliphatic heterocycles. The van der Waals surface area contributed by atoms with Crippen molar-refractivity contribution in [2.75, 3.05) is 13.2 Å². The number of nitrogens with zero attached hydrogens (tertiary/aromatic N) is 1. The summed E-state index contributed by atoms with van der Waals surface area (Å²) in [5.74, 6) is -1.75. The van der Waals surface area contributed by atoms with Crippen LogP contribution >= 0.6 is 0 Å². The van der Waals surface area contributed by atoms with Crippen LogP contribution in [-0.2, 0) is 32.1 Å². The van der Waals surface area contributed by atoms with Gasteiger partial charge in [0.25, 0.3) is 0 Å². The highest BCUT2D eigenvalue weighted by Crippen LogP contribution is 2.23. The van der Waals surface area contributed by atoms with Gasteiger partial charge in [-0.05, 0) is 48.3 Å². The number of unbranched alkanes of at least 4 members (excludes halogenated alkanes) is 2. The second-order valence-corrected chi connectivity index (χ2v) is 11.4. The van der Waals surface area contributed by atoms with E-state index in [1.165, 1.54) is 11.1 Å². The molecule has 1 saturated heterocycles. The molecule has 3 atom stereocenters. The van der Waals surface area contributed by atoms with Crippen molar-refractivity contribution in [3.05, 3.63) is 71.3 Å². The van der Waals surface area contributed by atoms with E-state index in [0.717, 1.165) is 44.1 Å². The molecule has 1 heterocycles. The summed E-state index contributed by atoms with van der Waals surface area (Å²) in [5.41, 5.74) is 5.24. The predicted octanol–water partition coefficient (Wildman–Crippen LogP) is 5.02. The zero-order chi connectivity index (χ0) is 29.6. The van der Waals surface area contributed by atoms with Gasteiger partial charge < -0.3 is 15.0 Å². The maximum Gasteiger partial charge on any atom is 0.245 e. The molecular weight excluding hydrogens is 518 g/mol. The number of benzene rings is 2. The average Bonchev–Trinajstić information content (AvgIpc) is 3.44. The molecular formula is C33H47N3O5. The molecule has 1 fully saturated rings. The van der Waals surface area contributed by atoms with Gasteiger partial charge in [-0.3, -0.25) is 19.6 Å². The van der Waals surface area contributed by atoms with Gasteiger partial charge in [0.2, 0.25) is 17.7 Å². The Morgan fingerprint density at radius 2 is 1.73 bits per heavy atom. The Morgan fingerprint density at radius 1 is 1.02 bits per heavy atom. The standard InChI is InChI=1S/C33H47N3O5/c1-4-5-7-16-27(21-30(37)35-40)32(38)34-31(24(2)3)33(39)36-19-12-18-29(36)23-41-22-28-17-11-10-15-26(28)20-25-13-8-6-9-14-25/h6,8-11,13-15,17,24,27,29,31,40H,4-5,7,12,16,18-23H2,1-3H3,(H,34,38)(H,35,37)/t27-,29-,31-/m1/s1. The Morgan fingerprint density at radius 3 is 2.41 bits per heavy atom. The van der Waals surface area contributed by atoms with E-state index in [-0.39, 0.29) is 30.2 Å². The third-order valence-electron chi connectivity index (χ3n) is 7.90. The highest BCUT2D eigenvalue weighted by atomic mass is 16.5. The topological polar surface area (TPSA) is 108 Å². The zero-order valence-electron chi connectivity index (χ0n) is 24.8. The van der Waals surface area contributed by atoms with Gasteiger partial charge in [-0.1, -0.05) is 94.6 Å². The van der Waals surface area contributed by atoms with Gasteiger partial charge in [-0.25, -0.2) is 5.48 Å². The minimum atomic E-state index is -0.694. The molecule has 0 aliphatic carbocycles. The lowest BCUT2D eigenvalue weighted by atomic mass is 9.94. The molecule has 224 valence electrons. The van der Waals surface area contributed by atoms with E-state index in [9.17, 15) is 14.4 Å². The smallest absolute Gasteiger partial charge is 0.245 e. The van der Waals surface area contributed by atoms with E-state index in [2.05, 4.69) is 36.5 Å². The number of amides is 3. The predicted molar refractivity (Wildman–Crippen MR) is 159 cm³/mol. The second-order valence-electron chi connectivity index (χ2n) is 11.4. The quantitative estimate of drug-likeness (QED) is 0.151. The summed E-state index contributed by atoms with van der Waals surface area (Å²) in [7, 11) is 0. The Kier molecular flexibility index (Phi) is 13.3. The van der Waals surface area contributed by atoms with Crippen molar-refractivity contribution in [1.82, 2.24) is 15.7 Å². The average molecular weight is 566 g/mol. The van der Waals surface area contributed by atoms with Gasteiger partial charge >= 0.3 is 0 Å². The number of nitrogens with one attached hydrogen (secondary N) is 2. The van der Waals surface area contributed by atoms with Gasteiger partial charge in [0.1, 0.15) is 6.04 Å². The van der Waals surface area contributed by atoms with Gasteiger partial charge in [0.05, 0.1) is 19.3 Å². The Bertz CT molecular complexity index is 1110. The Hall–Kier alpha value is -3.23. The second kappa shape index (κ2) is 16.9. The molecule has 0 spiro atoms. The summed E-state index contributed by atoms with van der Waals surface area (Å²) >= 11 is 0. The van der Waals surface area contributed by atoms with Gasteiger partial charge in [-0.15, -0.1) is 0 Å². The summed E-state index contributed by atoms with van der Waals surface area (Å²) in [6.45, 7) is 7.44. The normalized spacial score (nSPS) is 16.4. The molecule has 3 rings (SSSR count). The minimum Gasteiger partial charge on any atom is -0.375 e. The van der Waals surface area contributed by atoms with Crippen molar-refractivity contribution >= 4 is 17.7 Å². The van der Waals surface area contributed by atoms with Gasteiger partial charge in [-0.2, -0.15) is 0 Å².